The van der Waals surface area contributed by atoms with Gasteiger partial charge in [0.25, 0.3) is 0 Å². The van der Waals surface area contributed by atoms with Crippen LogP contribution in [-0.2, 0) is 0 Å². The highest BCUT2D eigenvalue weighted by Crippen LogP contribution is 2.32. The van der Waals surface area contributed by atoms with Gasteiger partial charge in [-0.05, 0) is 30.9 Å². The van der Waals surface area contributed by atoms with Gasteiger partial charge in [-0.15, -0.1) is 0 Å². The van der Waals surface area contributed by atoms with E-state index in [4.69, 9.17) is 11.1 Å². The van der Waals surface area contributed by atoms with E-state index in [0.717, 1.165) is 12.5 Å². The van der Waals surface area contributed by atoms with Crippen LogP contribution >= 0.6 is 0 Å². The van der Waals surface area contributed by atoms with Crippen LogP contribution in [0.15, 0.2) is 30.3 Å². The average Bonchev–Trinajstić information content (AvgIpc) is 2.48. The van der Waals surface area contributed by atoms with Crippen molar-refractivity contribution in [1.82, 2.24) is 0 Å². The van der Waals surface area contributed by atoms with E-state index in [1.807, 2.05) is 0 Å². The van der Waals surface area contributed by atoms with Crippen molar-refractivity contribution in [2.45, 2.75) is 51.5 Å². The molecule has 20 heavy (non-hydrogen) atoms. The quantitative estimate of drug-likeness (QED) is 0.612. The molecule has 110 valence electrons. The monoisotopic (exact) mass is 273 g/mol. The molecule has 0 amide bonds. The van der Waals surface area contributed by atoms with Crippen LogP contribution in [0.3, 0.4) is 0 Å². The molecule has 1 aromatic rings. The Morgan fingerprint density at radius 2 is 2.05 bits per heavy atom. The predicted molar refractivity (Wildman–Crippen MR) is 86.4 cm³/mol. The van der Waals surface area contributed by atoms with E-state index in [2.05, 4.69) is 42.2 Å². The highest BCUT2D eigenvalue weighted by Gasteiger charge is 2.26. The molecule has 0 aromatic heterocycles. The second-order valence-electron chi connectivity index (χ2n) is 5.90. The molecule has 1 aliphatic rings. The molecule has 2 unspecified atom stereocenters. The topological polar surface area (TPSA) is 53.1 Å². The Bertz CT molecular complexity index is 416. The third-order valence-electron chi connectivity index (χ3n) is 4.48. The van der Waals surface area contributed by atoms with Crippen molar-refractivity contribution in [3.05, 3.63) is 30.3 Å². The summed E-state index contributed by atoms with van der Waals surface area (Å²) < 4.78 is 0. The molecule has 0 spiro atoms. The number of nitrogens with one attached hydrogen (secondary N) is 1. The number of para-hydroxylation sites is 1. The minimum Gasteiger partial charge on any atom is -0.388 e. The number of hydrogen-bond donors (Lipinski definition) is 2. The number of nitrogens with two attached hydrogens (primary N) is 1. The maximum atomic E-state index is 7.49. The Labute approximate surface area is 122 Å². The zero-order valence-electron chi connectivity index (χ0n) is 12.5. The third kappa shape index (κ3) is 3.99. The van der Waals surface area contributed by atoms with Crippen molar-refractivity contribution in [3.63, 3.8) is 0 Å². The molecule has 0 radical (unpaired) electrons. The van der Waals surface area contributed by atoms with Gasteiger partial charge in [0.2, 0.25) is 0 Å². The normalized spacial score (nSPS) is 22.4. The first-order chi connectivity index (χ1) is 9.70. The van der Waals surface area contributed by atoms with Gasteiger partial charge in [-0.1, -0.05) is 44.4 Å². The fourth-order valence-electron chi connectivity index (χ4n) is 3.30. The van der Waals surface area contributed by atoms with Gasteiger partial charge in [-0.25, -0.2) is 0 Å². The second kappa shape index (κ2) is 7.32. The van der Waals surface area contributed by atoms with Crippen LogP contribution in [0.2, 0.25) is 0 Å². The Balaban J connectivity index is 2.11. The van der Waals surface area contributed by atoms with Crippen molar-refractivity contribution >= 4 is 11.5 Å². The fourth-order valence-corrected chi connectivity index (χ4v) is 3.30. The van der Waals surface area contributed by atoms with Crippen molar-refractivity contribution in [2.24, 2.45) is 11.7 Å². The zero-order chi connectivity index (χ0) is 14.4. The molecule has 0 bridgehead atoms. The minimum atomic E-state index is 0.286. The zero-order valence-corrected chi connectivity index (χ0v) is 12.5. The summed E-state index contributed by atoms with van der Waals surface area (Å²) in [5.74, 6) is 1.14. The second-order valence-corrected chi connectivity index (χ2v) is 5.90. The largest absolute Gasteiger partial charge is 0.388 e. The van der Waals surface area contributed by atoms with Crippen LogP contribution in [0.25, 0.3) is 0 Å². The molecule has 1 aliphatic carbocycles. The lowest BCUT2D eigenvalue weighted by atomic mass is 9.83. The molecule has 2 atom stereocenters. The van der Waals surface area contributed by atoms with Crippen molar-refractivity contribution in [2.75, 3.05) is 11.4 Å². The van der Waals surface area contributed by atoms with Crippen LogP contribution in [0.1, 0.15) is 45.4 Å². The molecule has 3 N–H and O–H groups in total. The van der Waals surface area contributed by atoms with Gasteiger partial charge in [-0.3, -0.25) is 5.41 Å². The average molecular weight is 273 g/mol. The van der Waals surface area contributed by atoms with Gasteiger partial charge in [0.15, 0.2) is 0 Å². The Hall–Kier alpha value is -1.51. The molecule has 1 fully saturated rings. The Kier molecular flexibility index (Phi) is 5.45. The molecule has 0 aliphatic heterocycles. The van der Waals surface area contributed by atoms with Gasteiger partial charge < -0.3 is 10.6 Å². The maximum absolute atomic E-state index is 7.49. The lowest BCUT2D eigenvalue weighted by Crippen LogP contribution is -2.40. The summed E-state index contributed by atoms with van der Waals surface area (Å²) >= 11 is 0. The Morgan fingerprint density at radius 1 is 1.30 bits per heavy atom. The first kappa shape index (κ1) is 14.9. The van der Waals surface area contributed by atoms with Crippen molar-refractivity contribution < 1.29 is 0 Å². The van der Waals surface area contributed by atoms with E-state index >= 15 is 0 Å². The predicted octanol–water partition coefficient (Wildman–Crippen LogP) is 3.79. The van der Waals surface area contributed by atoms with Crippen LogP contribution in [0.4, 0.5) is 5.69 Å². The van der Waals surface area contributed by atoms with E-state index < -0.39 is 0 Å². The molecule has 0 heterocycles. The Morgan fingerprint density at radius 3 is 2.70 bits per heavy atom. The van der Waals surface area contributed by atoms with Gasteiger partial charge in [0.1, 0.15) is 0 Å². The molecule has 1 saturated carbocycles. The number of rotatable bonds is 6. The minimum absolute atomic E-state index is 0.286. The van der Waals surface area contributed by atoms with E-state index in [9.17, 15) is 0 Å². The van der Waals surface area contributed by atoms with Crippen LogP contribution in [0.5, 0.6) is 0 Å². The van der Waals surface area contributed by atoms with E-state index in [1.165, 1.54) is 37.8 Å². The van der Waals surface area contributed by atoms with Crippen molar-refractivity contribution in [3.8, 4) is 0 Å². The number of hydrogen-bond acceptors (Lipinski definition) is 2. The molecular weight excluding hydrogens is 246 g/mol. The molecule has 3 nitrogen and oxygen atoms in total. The fraction of sp³-hybridized carbons (Fsp3) is 0.588. The highest BCUT2D eigenvalue weighted by atomic mass is 15.2. The summed E-state index contributed by atoms with van der Waals surface area (Å²) in [4.78, 5) is 2.48. The van der Waals surface area contributed by atoms with Crippen LogP contribution in [-0.4, -0.2) is 18.4 Å². The lowest BCUT2D eigenvalue weighted by Gasteiger charge is -2.39. The summed E-state index contributed by atoms with van der Waals surface area (Å²) in [6.45, 7) is 3.16. The van der Waals surface area contributed by atoms with Gasteiger partial charge in [0, 0.05) is 24.7 Å². The first-order valence-electron chi connectivity index (χ1n) is 7.85. The van der Waals surface area contributed by atoms with Gasteiger partial charge >= 0.3 is 0 Å². The summed E-state index contributed by atoms with van der Waals surface area (Å²) in [5.41, 5.74) is 6.83. The molecular formula is C17H27N3. The number of anilines is 1. The summed E-state index contributed by atoms with van der Waals surface area (Å²) in [7, 11) is 0. The summed E-state index contributed by atoms with van der Waals surface area (Å²) in [5, 5.41) is 7.49. The van der Waals surface area contributed by atoms with Gasteiger partial charge in [-0.2, -0.15) is 0 Å². The van der Waals surface area contributed by atoms with E-state index in [0.29, 0.717) is 12.5 Å². The third-order valence-corrected chi connectivity index (χ3v) is 4.48. The summed E-state index contributed by atoms with van der Waals surface area (Å²) in [6.07, 6.45) is 7.19. The van der Waals surface area contributed by atoms with E-state index in [-0.39, 0.29) is 5.84 Å². The summed E-state index contributed by atoms with van der Waals surface area (Å²) in [6, 6.07) is 11.2. The standard InChI is InChI=1S/C17H27N3/c1-2-14-7-6-10-16(13-14)20(12-11-17(18)19)15-8-4-3-5-9-15/h3-5,8-9,14,16H,2,6-7,10-13H2,1H3,(H3,18,19). The first-order valence-corrected chi connectivity index (χ1v) is 7.85. The van der Waals surface area contributed by atoms with Gasteiger partial charge in [0.05, 0.1) is 5.84 Å². The molecule has 2 rings (SSSR count). The van der Waals surface area contributed by atoms with Crippen LogP contribution in [0, 0.1) is 11.3 Å². The number of nitrogens with zero attached hydrogens (tertiary/aromatic N) is 1. The highest BCUT2D eigenvalue weighted by molar-refractivity contribution is 5.77. The number of benzene rings is 1. The number of amidine groups is 1. The lowest BCUT2D eigenvalue weighted by molar-refractivity contribution is 0.304. The smallest absolute Gasteiger partial charge is 0.0923 e. The molecule has 0 saturated heterocycles. The molecule has 1 aromatic carbocycles. The molecule has 3 heteroatoms. The van der Waals surface area contributed by atoms with Crippen molar-refractivity contribution in [1.29, 1.82) is 5.41 Å². The maximum Gasteiger partial charge on any atom is 0.0923 e. The SMILES string of the molecule is CCC1CCCC(N(CCC(=N)N)c2ccccc2)C1. The van der Waals surface area contributed by atoms with E-state index in [1.54, 1.807) is 0 Å². The van der Waals surface area contributed by atoms with Crippen LogP contribution < -0.4 is 10.6 Å².